The number of nitrogens with zero attached hydrogens (tertiary/aromatic N) is 3. The molecule has 150 valence electrons. The number of hydrogen-bond acceptors (Lipinski definition) is 7. The van der Waals surface area contributed by atoms with Gasteiger partial charge in [-0.3, -0.25) is 0 Å². The second-order valence-electron chi connectivity index (χ2n) is 7.55. The fourth-order valence-corrected chi connectivity index (χ4v) is 4.18. The summed E-state index contributed by atoms with van der Waals surface area (Å²) in [5.74, 6) is 0.453. The molecule has 2 N–H and O–H groups in total. The number of nitrogens with one attached hydrogen (secondary N) is 1. The van der Waals surface area contributed by atoms with Gasteiger partial charge in [0, 0.05) is 24.3 Å². The second kappa shape index (κ2) is 8.19. The number of aliphatic hydroxyl groups is 1. The predicted molar refractivity (Wildman–Crippen MR) is 107 cm³/mol. The van der Waals surface area contributed by atoms with E-state index in [2.05, 4.69) is 21.3 Å². The molecule has 2 aliphatic heterocycles. The van der Waals surface area contributed by atoms with E-state index < -0.39 is 6.10 Å². The number of benzene rings is 1. The van der Waals surface area contributed by atoms with E-state index >= 15 is 0 Å². The van der Waals surface area contributed by atoms with Crippen LogP contribution < -0.4 is 10.2 Å². The van der Waals surface area contributed by atoms with Crippen LogP contribution in [0, 0.1) is 18.3 Å². The Morgan fingerprint density at radius 3 is 2.83 bits per heavy atom. The van der Waals surface area contributed by atoms with Gasteiger partial charge in [0.2, 0.25) is 0 Å². The van der Waals surface area contributed by atoms with Crippen molar-refractivity contribution < 1.29 is 14.6 Å². The molecular formula is C22H24N4O3. The Labute approximate surface area is 169 Å². The largest absolute Gasteiger partial charge is 0.457 e. The van der Waals surface area contributed by atoms with Crippen molar-refractivity contribution in [1.82, 2.24) is 10.3 Å². The van der Waals surface area contributed by atoms with Crippen LogP contribution in [0.3, 0.4) is 0 Å². The third kappa shape index (κ3) is 3.82. The molecule has 1 atom stereocenters. The Morgan fingerprint density at radius 2 is 2.14 bits per heavy atom. The van der Waals surface area contributed by atoms with Gasteiger partial charge in [0.05, 0.1) is 17.2 Å². The number of nitriles is 1. The van der Waals surface area contributed by atoms with Crippen molar-refractivity contribution in [1.29, 1.82) is 5.26 Å². The first-order valence-corrected chi connectivity index (χ1v) is 9.89. The third-order valence-corrected chi connectivity index (χ3v) is 5.86. The summed E-state index contributed by atoms with van der Waals surface area (Å²) in [6.45, 7) is 4.41. The van der Waals surface area contributed by atoms with Gasteiger partial charge in [-0.1, -0.05) is 6.07 Å². The lowest BCUT2D eigenvalue weighted by Gasteiger charge is -2.37. The zero-order valence-electron chi connectivity index (χ0n) is 16.4. The number of piperidine rings is 1. The normalized spacial score (nSPS) is 17.3. The van der Waals surface area contributed by atoms with Crippen LogP contribution in [0.2, 0.25) is 0 Å². The molecule has 1 unspecified atom stereocenters. The lowest BCUT2D eigenvalue weighted by molar-refractivity contribution is 0.0535. The predicted octanol–water partition coefficient (Wildman–Crippen LogP) is 2.22. The molecular weight excluding hydrogens is 368 g/mol. The molecule has 7 heteroatoms. The van der Waals surface area contributed by atoms with E-state index in [1.54, 1.807) is 18.3 Å². The Kier molecular flexibility index (Phi) is 5.47. The van der Waals surface area contributed by atoms with Crippen molar-refractivity contribution >= 4 is 11.8 Å². The molecule has 7 nitrogen and oxygen atoms in total. The standard InChI is InChI=1S/C22H24N4O3/c1-14-17(3-4-18-19(14)13-29-22(18)28)20(27)12-26(16-6-8-24-9-7-16)21-5-2-15(10-23)11-25-21/h2-5,11,16,20,24,27H,6-9,12-13H2,1H3. The van der Waals surface area contributed by atoms with Gasteiger partial charge < -0.3 is 20.1 Å². The maximum absolute atomic E-state index is 11.8. The molecule has 0 bridgehead atoms. The SMILES string of the molecule is Cc1c(C(O)CN(c2ccc(C#N)cn2)C2CCNCC2)ccc2c1COC2=O. The monoisotopic (exact) mass is 392 g/mol. The van der Waals surface area contributed by atoms with Crippen LogP contribution in [-0.2, 0) is 11.3 Å². The van der Waals surface area contributed by atoms with Crippen LogP contribution in [-0.4, -0.2) is 41.7 Å². The first-order valence-electron chi connectivity index (χ1n) is 9.89. The molecule has 4 rings (SSSR count). The number of hydrogen-bond donors (Lipinski definition) is 2. The molecule has 0 saturated carbocycles. The van der Waals surface area contributed by atoms with Crippen LogP contribution in [0.15, 0.2) is 30.5 Å². The minimum Gasteiger partial charge on any atom is -0.457 e. The summed E-state index contributed by atoms with van der Waals surface area (Å²) in [6, 6.07) is 9.51. The summed E-state index contributed by atoms with van der Waals surface area (Å²) >= 11 is 0. The molecule has 1 aromatic carbocycles. The zero-order valence-corrected chi connectivity index (χ0v) is 16.4. The summed E-state index contributed by atoms with van der Waals surface area (Å²) in [6.07, 6.45) is 2.75. The highest BCUT2D eigenvalue weighted by Gasteiger charge is 2.28. The van der Waals surface area contributed by atoms with Crippen molar-refractivity contribution in [3.63, 3.8) is 0 Å². The number of carbonyl (C=O) groups excluding carboxylic acids is 1. The molecule has 2 aromatic rings. The summed E-state index contributed by atoms with van der Waals surface area (Å²) in [5, 5.41) is 23.5. The fourth-order valence-electron chi connectivity index (χ4n) is 4.18. The highest BCUT2D eigenvalue weighted by Crippen LogP contribution is 2.31. The Morgan fingerprint density at radius 1 is 1.34 bits per heavy atom. The van der Waals surface area contributed by atoms with Gasteiger partial charge in [-0.25, -0.2) is 9.78 Å². The molecule has 1 aromatic heterocycles. The number of cyclic esters (lactones) is 1. The molecule has 0 aliphatic carbocycles. The molecule has 2 aliphatic rings. The van der Waals surface area contributed by atoms with Crippen molar-refractivity contribution in [2.75, 3.05) is 24.5 Å². The maximum Gasteiger partial charge on any atom is 0.338 e. The number of pyridine rings is 1. The molecule has 3 heterocycles. The van der Waals surface area contributed by atoms with Crippen molar-refractivity contribution in [3.05, 3.63) is 58.3 Å². The lowest BCUT2D eigenvalue weighted by Crippen LogP contribution is -2.45. The third-order valence-electron chi connectivity index (χ3n) is 5.86. The van der Waals surface area contributed by atoms with Gasteiger partial charge >= 0.3 is 5.97 Å². The Balaban J connectivity index is 1.61. The van der Waals surface area contributed by atoms with Crippen LogP contribution >= 0.6 is 0 Å². The fraction of sp³-hybridized carbons (Fsp3) is 0.409. The summed E-state index contributed by atoms with van der Waals surface area (Å²) in [7, 11) is 0. The minimum absolute atomic E-state index is 0.256. The van der Waals surface area contributed by atoms with Crippen LogP contribution in [0.1, 0.15) is 51.6 Å². The van der Waals surface area contributed by atoms with E-state index in [0.29, 0.717) is 17.7 Å². The topological polar surface area (TPSA) is 98.5 Å². The average molecular weight is 392 g/mol. The van der Waals surface area contributed by atoms with E-state index in [0.717, 1.165) is 48.4 Å². The summed E-state index contributed by atoms with van der Waals surface area (Å²) < 4.78 is 5.13. The van der Waals surface area contributed by atoms with E-state index in [4.69, 9.17) is 10.00 Å². The van der Waals surface area contributed by atoms with Crippen molar-refractivity contribution in [2.24, 2.45) is 0 Å². The van der Waals surface area contributed by atoms with Gasteiger partial charge in [-0.05, 0) is 62.2 Å². The van der Waals surface area contributed by atoms with E-state index in [9.17, 15) is 9.90 Å². The van der Waals surface area contributed by atoms with Crippen LogP contribution in [0.5, 0.6) is 0 Å². The van der Waals surface area contributed by atoms with Gasteiger partial charge in [0.1, 0.15) is 18.5 Å². The maximum atomic E-state index is 11.8. The molecule has 1 saturated heterocycles. The van der Waals surface area contributed by atoms with Crippen LogP contribution in [0.4, 0.5) is 5.82 Å². The van der Waals surface area contributed by atoms with Crippen LogP contribution in [0.25, 0.3) is 0 Å². The zero-order chi connectivity index (χ0) is 20.4. The Hall–Kier alpha value is -2.95. The van der Waals surface area contributed by atoms with Crippen molar-refractivity contribution in [2.45, 2.75) is 38.5 Å². The van der Waals surface area contributed by atoms with E-state index in [1.807, 2.05) is 19.1 Å². The van der Waals surface area contributed by atoms with E-state index in [-0.39, 0.29) is 18.6 Å². The van der Waals surface area contributed by atoms with Gasteiger partial charge in [-0.15, -0.1) is 0 Å². The first kappa shape index (κ1) is 19.4. The summed E-state index contributed by atoms with van der Waals surface area (Å²) in [5.41, 5.74) is 3.66. The van der Waals surface area contributed by atoms with Gasteiger partial charge in [0.25, 0.3) is 0 Å². The molecule has 0 radical (unpaired) electrons. The quantitative estimate of drug-likeness (QED) is 0.753. The smallest absolute Gasteiger partial charge is 0.338 e. The Bertz CT molecular complexity index is 946. The number of esters is 1. The number of carbonyl (C=O) groups is 1. The van der Waals surface area contributed by atoms with Crippen molar-refractivity contribution in [3.8, 4) is 6.07 Å². The number of fused-ring (bicyclic) bond motifs is 1. The average Bonchev–Trinajstić information content (AvgIpc) is 3.14. The molecule has 1 fully saturated rings. The number of aliphatic hydroxyl groups excluding tert-OH is 1. The number of aromatic nitrogens is 1. The number of rotatable bonds is 5. The molecule has 29 heavy (non-hydrogen) atoms. The lowest BCUT2D eigenvalue weighted by atomic mass is 9.94. The van der Waals surface area contributed by atoms with Gasteiger partial charge in [-0.2, -0.15) is 5.26 Å². The molecule has 0 amide bonds. The minimum atomic E-state index is -0.733. The second-order valence-corrected chi connectivity index (χ2v) is 7.55. The molecule has 0 spiro atoms. The number of anilines is 1. The highest BCUT2D eigenvalue weighted by atomic mass is 16.5. The number of ether oxygens (including phenoxy) is 1. The van der Waals surface area contributed by atoms with Gasteiger partial charge in [0.15, 0.2) is 0 Å². The highest BCUT2D eigenvalue weighted by molar-refractivity contribution is 5.93. The first-order chi connectivity index (χ1) is 14.1. The summed E-state index contributed by atoms with van der Waals surface area (Å²) in [4.78, 5) is 18.4. The van der Waals surface area contributed by atoms with E-state index in [1.165, 1.54) is 0 Å².